The van der Waals surface area contributed by atoms with Crippen LogP contribution in [0.2, 0.25) is 0 Å². The second-order valence-electron chi connectivity index (χ2n) is 4.11. The molecule has 1 aromatic heterocycles. The minimum Gasteiger partial charge on any atom is -0.508 e. The lowest BCUT2D eigenvalue weighted by atomic mass is 10.1. The van der Waals surface area contributed by atoms with Gasteiger partial charge in [-0.1, -0.05) is 0 Å². The molecule has 0 spiro atoms. The Kier molecular flexibility index (Phi) is 1.73. The predicted molar refractivity (Wildman–Crippen MR) is 57.7 cm³/mol. The number of nitrogens with zero attached hydrogens (tertiary/aromatic N) is 2. The SMILES string of the molecule is NC1CCn2c(nc3cc(O)ccc32)C1. The third-order valence-corrected chi connectivity index (χ3v) is 2.98. The van der Waals surface area contributed by atoms with Crippen molar-refractivity contribution in [3.8, 4) is 5.75 Å². The topological polar surface area (TPSA) is 64.1 Å². The van der Waals surface area contributed by atoms with Gasteiger partial charge in [0.15, 0.2) is 0 Å². The number of nitrogens with two attached hydrogens (primary N) is 1. The fourth-order valence-corrected chi connectivity index (χ4v) is 2.20. The standard InChI is InChI=1S/C11H13N3O/c12-7-3-4-14-10-2-1-8(15)6-9(10)13-11(14)5-7/h1-2,6-7,15H,3-5,12H2. The Morgan fingerprint density at radius 3 is 3.20 bits per heavy atom. The van der Waals surface area contributed by atoms with Crippen molar-refractivity contribution in [2.24, 2.45) is 5.73 Å². The quantitative estimate of drug-likeness (QED) is 0.671. The minimum atomic E-state index is 0.225. The Hall–Kier alpha value is -1.55. The smallest absolute Gasteiger partial charge is 0.117 e. The lowest BCUT2D eigenvalue weighted by molar-refractivity contribution is 0.470. The van der Waals surface area contributed by atoms with Crippen LogP contribution in [0.5, 0.6) is 5.75 Å². The molecule has 15 heavy (non-hydrogen) atoms. The van der Waals surface area contributed by atoms with Crippen LogP contribution in [0, 0.1) is 0 Å². The molecule has 0 aliphatic carbocycles. The van der Waals surface area contributed by atoms with E-state index in [-0.39, 0.29) is 11.8 Å². The van der Waals surface area contributed by atoms with Crippen molar-refractivity contribution >= 4 is 11.0 Å². The molecule has 2 heterocycles. The van der Waals surface area contributed by atoms with Crippen LogP contribution in [0.4, 0.5) is 0 Å². The number of aromatic hydroxyl groups is 1. The van der Waals surface area contributed by atoms with Crippen molar-refractivity contribution in [3.05, 3.63) is 24.0 Å². The van der Waals surface area contributed by atoms with Crippen LogP contribution in [-0.4, -0.2) is 20.7 Å². The average molecular weight is 203 g/mol. The van der Waals surface area contributed by atoms with Crippen LogP contribution in [0.3, 0.4) is 0 Å². The highest BCUT2D eigenvalue weighted by molar-refractivity contribution is 5.77. The second kappa shape index (κ2) is 2.97. The molecule has 2 aromatic rings. The molecule has 4 nitrogen and oxygen atoms in total. The third kappa shape index (κ3) is 1.29. The Bertz CT molecular complexity index is 518. The first-order chi connectivity index (χ1) is 7.24. The maximum absolute atomic E-state index is 9.37. The molecule has 78 valence electrons. The van der Waals surface area contributed by atoms with Crippen molar-refractivity contribution in [1.29, 1.82) is 0 Å². The molecule has 0 saturated heterocycles. The fourth-order valence-electron chi connectivity index (χ4n) is 2.20. The van der Waals surface area contributed by atoms with E-state index in [4.69, 9.17) is 5.73 Å². The highest BCUT2D eigenvalue weighted by Gasteiger charge is 2.19. The molecule has 0 amide bonds. The van der Waals surface area contributed by atoms with E-state index in [0.717, 1.165) is 36.2 Å². The first-order valence-corrected chi connectivity index (χ1v) is 5.18. The molecule has 1 unspecified atom stereocenters. The van der Waals surface area contributed by atoms with E-state index in [1.54, 1.807) is 12.1 Å². The van der Waals surface area contributed by atoms with Gasteiger partial charge >= 0.3 is 0 Å². The van der Waals surface area contributed by atoms with Gasteiger partial charge in [-0.3, -0.25) is 0 Å². The van der Waals surface area contributed by atoms with Gasteiger partial charge in [-0.05, 0) is 18.6 Å². The van der Waals surface area contributed by atoms with Crippen LogP contribution >= 0.6 is 0 Å². The lowest BCUT2D eigenvalue weighted by Crippen LogP contribution is -2.30. The number of phenols is 1. The van der Waals surface area contributed by atoms with Crippen LogP contribution in [-0.2, 0) is 13.0 Å². The van der Waals surface area contributed by atoms with Crippen molar-refractivity contribution in [2.75, 3.05) is 0 Å². The molecule has 0 radical (unpaired) electrons. The predicted octanol–water partition coefficient (Wildman–Crippen LogP) is 1.02. The van der Waals surface area contributed by atoms with Crippen LogP contribution in [0.1, 0.15) is 12.2 Å². The first-order valence-electron chi connectivity index (χ1n) is 5.18. The number of hydrogen-bond acceptors (Lipinski definition) is 3. The number of imidazole rings is 1. The zero-order chi connectivity index (χ0) is 10.4. The molecule has 0 saturated carbocycles. The molecule has 3 N–H and O–H groups in total. The van der Waals surface area contributed by atoms with Crippen LogP contribution < -0.4 is 5.73 Å². The van der Waals surface area contributed by atoms with Crippen molar-refractivity contribution in [2.45, 2.75) is 25.4 Å². The molecule has 1 aromatic carbocycles. The highest BCUT2D eigenvalue weighted by Crippen LogP contribution is 2.24. The van der Waals surface area contributed by atoms with Gasteiger partial charge in [0.1, 0.15) is 11.6 Å². The molecule has 1 aliphatic rings. The van der Waals surface area contributed by atoms with E-state index < -0.39 is 0 Å². The Balaban J connectivity index is 2.23. The summed E-state index contributed by atoms with van der Waals surface area (Å²) in [5.41, 5.74) is 7.85. The van der Waals surface area contributed by atoms with E-state index in [9.17, 15) is 5.11 Å². The lowest BCUT2D eigenvalue weighted by Gasteiger charge is -2.19. The molecular weight excluding hydrogens is 190 g/mol. The van der Waals surface area contributed by atoms with Gasteiger partial charge in [0.2, 0.25) is 0 Å². The number of aryl methyl sites for hydroxylation is 1. The number of aromatic nitrogens is 2. The number of rotatable bonds is 0. The first kappa shape index (κ1) is 8.73. The summed E-state index contributed by atoms with van der Waals surface area (Å²) in [6, 6.07) is 5.54. The Morgan fingerprint density at radius 2 is 2.33 bits per heavy atom. The molecular formula is C11H13N3O. The van der Waals surface area contributed by atoms with Gasteiger partial charge in [0.05, 0.1) is 11.0 Å². The summed E-state index contributed by atoms with van der Waals surface area (Å²) in [7, 11) is 0. The molecule has 4 heteroatoms. The van der Waals surface area contributed by atoms with Gasteiger partial charge in [0.25, 0.3) is 0 Å². The summed E-state index contributed by atoms with van der Waals surface area (Å²) in [5.74, 6) is 1.30. The summed E-state index contributed by atoms with van der Waals surface area (Å²) in [5, 5.41) is 9.37. The van der Waals surface area contributed by atoms with Gasteiger partial charge < -0.3 is 15.4 Å². The van der Waals surface area contributed by atoms with Crippen molar-refractivity contribution < 1.29 is 5.11 Å². The van der Waals surface area contributed by atoms with E-state index in [0.29, 0.717) is 0 Å². The second-order valence-corrected chi connectivity index (χ2v) is 4.11. The Labute approximate surface area is 87.3 Å². The van der Waals surface area contributed by atoms with Crippen molar-refractivity contribution in [1.82, 2.24) is 9.55 Å². The maximum atomic E-state index is 9.37. The van der Waals surface area contributed by atoms with E-state index in [1.165, 1.54) is 0 Å². The molecule has 0 fully saturated rings. The monoisotopic (exact) mass is 203 g/mol. The maximum Gasteiger partial charge on any atom is 0.117 e. The van der Waals surface area contributed by atoms with Gasteiger partial charge in [-0.25, -0.2) is 4.98 Å². The van der Waals surface area contributed by atoms with Gasteiger partial charge in [-0.15, -0.1) is 0 Å². The Morgan fingerprint density at radius 1 is 1.47 bits per heavy atom. The summed E-state index contributed by atoms with van der Waals surface area (Å²) in [4.78, 5) is 4.49. The third-order valence-electron chi connectivity index (χ3n) is 2.98. The molecule has 0 bridgehead atoms. The molecule has 1 atom stereocenters. The van der Waals surface area contributed by atoms with E-state index >= 15 is 0 Å². The van der Waals surface area contributed by atoms with E-state index in [2.05, 4.69) is 9.55 Å². The van der Waals surface area contributed by atoms with Crippen LogP contribution in [0.15, 0.2) is 18.2 Å². The number of phenolic OH excluding ortho intramolecular Hbond substituents is 1. The largest absolute Gasteiger partial charge is 0.508 e. The molecule has 3 rings (SSSR count). The zero-order valence-corrected chi connectivity index (χ0v) is 8.35. The number of fused-ring (bicyclic) bond motifs is 3. The van der Waals surface area contributed by atoms with Gasteiger partial charge in [-0.2, -0.15) is 0 Å². The molecule has 1 aliphatic heterocycles. The fraction of sp³-hybridized carbons (Fsp3) is 0.364. The minimum absolute atomic E-state index is 0.225. The number of hydrogen-bond donors (Lipinski definition) is 2. The summed E-state index contributed by atoms with van der Waals surface area (Å²) >= 11 is 0. The average Bonchev–Trinajstić information content (AvgIpc) is 2.53. The van der Waals surface area contributed by atoms with Gasteiger partial charge in [0, 0.05) is 25.1 Å². The van der Waals surface area contributed by atoms with Crippen LogP contribution in [0.25, 0.3) is 11.0 Å². The van der Waals surface area contributed by atoms with E-state index in [1.807, 2.05) is 6.07 Å². The zero-order valence-electron chi connectivity index (χ0n) is 8.35. The summed E-state index contributed by atoms with van der Waals surface area (Å²) in [6.07, 6.45) is 1.83. The number of benzene rings is 1. The normalized spacial score (nSPS) is 20.5. The summed E-state index contributed by atoms with van der Waals surface area (Å²) < 4.78 is 2.19. The highest BCUT2D eigenvalue weighted by atomic mass is 16.3. The summed E-state index contributed by atoms with van der Waals surface area (Å²) in [6.45, 7) is 0.928. The van der Waals surface area contributed by atoms with Crippen molar-refractivity contribution in [3.63, 3.8) is 0 Å².